The highest BCUT2D eigenvalue weighted by atomic mass is 16.6. The van der Waals surface area contributed by atoms with E-state index >= 15 is 0 Å². The van der Waals surface area contributed by atoms with Crippen molar-refractivity contribution in [1.29, 1.82) is 0 Å². The quantitative estimate of drug-likeness (QED) is 0.659. The van der Waals surface area contributed by atoms with Gasteiger partial charge in [0.2, 0.25) is 0 Å². The standard InChI is InChI=1S/C14H17BN2O5/c1-20-11-4-3-10(13(7-11)21-2)9-17-14-8-12(5-6-16-14)22-15(18)19/h3-8,18-19H,9H2,1-2H3,(H,16,17). The van der Waals surface area contributed by atoms with E-state index in [2.05, 4.69) is 10.3 Å². The van der Waals surface area contributed by atoms with Crippen LogP contribution in [0.3, 0.4) is 0 Å². The lowest BCUT2D eigenvalue weighted by Gasteiger charge is -2.12. The molecule has 0 saturated heterocycles. The number of rotatable bonds is 7. The molecule has 3 N–H and O–H groups in total. The number of ether oxygens (including phenoxy) is 2. The normalized spacial score (nSPS) is 10.0. The molecular formula is C14H17BN2O5. The summed E-state index contributed by atoms with van der Waals surface area (Å²) in [6.45, 7) is 0.477. The number of aromatic nitrogens is 1. The van der Waals surface area contributed by atoms with Gasteiger partial charge in [-0.05, 0) is 18.2 Å². The summed E-state index contributed by atoms with van der Waals surface area (Å²) in [5, 5.41) is 20.7. The minimum atomic E-state index is -1.86. The summed E-state index contributed by atoms with van der Waals surface area (Å²) in [5.41, 5.74) is 0.929. The van der Waals surface area contributed by atoms with E-state index in [-0.39, 0.29) is 0 Å². The maximum Gasteiger partial charge on any atom is 0.707 e. The fraction of sp³-hybridized carbons (Fsp3) is 0.214. The average molecular weight is 304 g/mol. The van der Waals surface area contributed by atoms with E-state index in [1.165, 1.54) is 12.3 Å². The molecule has 7 nitrogen and oxygen atoms in total. The first-order valence-corrected chi connectivity index (χ1v) is 6.56. The summed E-state index contributed by atoms with van der Waals surface area (Å²) < 4.78 is 15.2. The van der Waals surface area contributed by atoms with Crippen LogP contribution in [0.5, 0.6) is 17.2 Å². The Balaban J connectivity index is 2.06. The van der Waals surface area contributed by atoms with Crippen LogP contribution >= 0.6 is 0 Å². The fourth-order valence-corrected chi connectivity index (χ4v) is 1.89. The predicted molar refractivity (Wildman–Crippen MR) is 81.9 cm³/mol. The summed E-state index contributed by atoms with van der Waals surface area (Å²) in [6.07, 6.45) is 1.51. The van der Waals surface area contributed by atoms with Crippen LogP contribution in [0.2, 0.25) is 0 Å². The first-order chi connectivity index (χ1) is 10.6. The van der Waals surface area contributed by atoms with Gasteiger partial charge in [-0.3, -0.25) is 0 Å². The third-order valence-electron chi connectivity index (χ3n) is 2.93. The first-order valence-electron chi connectivity index (χ1n) is 6.56. The molecule has 116 valence electrons. The molecular weight excluding hydrogens is 287 g/mol. The minimum Gasteiger partial charge on any atom is -0.512 e. The largest absolute Gasteiger partial charge is 0.707 e. The zero-order chi connectivity index (χ0) is 15.9. The summed E-state index contributed by atoms with van der Waals surface area (Å²) in [4.78, 5) is 4.13. The van der Waals surface area contributed by atoms with Crippen LogP contribution in [0.4, 0.5) is 5.82 Å². The van der Waals surface area contributed by atoms with Crippen molar-refractivity contribution >= 4 is 13.1 Å². The lowest BCUT2D eigenvalue weighted by Crippen LogP contribution is -2.20. The van der Waals surface area contributed by atoms with Gasteiger partial charge in [0.15, 0.2) is 0 Å². The number of hydrogen-bond donors (Lipinski definition) is 3. The SMILES string of the molecule is COc1ccc(CNc2cc(OB(O)O)ccn2)c(OC)c1. The second-order valence-electron chi connectivity index (χ2n) is 4.35. The minimum absolute atomic E-state index is 0.300. The summed E-state index contributed by atoms with van der Waals surface area (Å²) in [7, 11) is 1.32. The molecule has 8 heteroatoms. The van der Waals surface area contributed by atoms with Crippen LogP contribution in [-0.2, 0) is 6.54 Å². The van der Waals surface area contributed by atoms with Gasteiger partial charge in [-0.1, -0.05) is 0 Å². The Labute approximate surface area is 128 Å². The van der Waals surface area contributed by atoms with E-state index in [0.29, 0.717) is 29.6 Å². The molecule has 0 aliphatic carbocycles. The molecule has 2 rings (SSSR count). The van der Waals surface area contributed by atoms with Crippen molar-refractivity contribution < 1.29 is 24.2 Å². The molecule has 0 aliphatic rings. The fourth-order valence-electron chi connectivity index (χ4n) is 1.89. The molecule has 0 radical (unpaired) electrons. The molecule has 0 atom stereocenters. The average Bonchev–Trinajstić information content (AvgIpc) is 2.52. The number of pyridine rings is 1. The summed E-state index contributed by atoms with van der Waals surface area (Å²) >= 11 is 0. The van der Waals surface area contributed by atoms with Gasteiger partial charge in [0.1, 0.15) is 23.1 Å². The van der Waals surface area contributed by atoms with Crippen LogP contribution in [0.25, 0.3) is 0 Å². The zero-order valence-electron chi connectivity index (χ0n) is 12.3. The maximum atomic E-state index is 8.79. The maximum absolute atomic E-state index is 8.79. The molecule has 2 aromatic rings. The zero-order valence-corrected chi connectivity index (χ0v) is 12.3. The number of nitrogens with one attached hydrogen (secondary N) is 1. The van der Waals surface area contributed by atoms with Crippen LogP contribution in [0, 0.1) is 0 Å². The van der Waals surface area contributed by atoms with Crippen molar-refractivity contribution in [3.8, 4) is 17.2 Å². The van der Waals surface area contributed by atoms with Gasteiger partial charge in [0.25, 0.3) is 0 Å². The predicted octanol–water partition coefficient (Wildman–Crippen LogP) is 1.06. The highest BCUT2D eigenvalue weighted by Gasteiger charge is 2.11. The molecule has 22 heavy (non-hydrogen) atoms. The van der Waals surface area contributed by atoms with Crippen LogP contribution in [0.15, 0.2) is 36.5 Å². The molecule has 0 unspecified atom stereocenters. The van der Waals surface area contributed by atoms with E-state index in [1.54, 1.807) is 26.4 Å². The van der Waals surface area contributed by atoms with Crippen molar-refractivity contribution in [2.45, 2.75) is 6.54 Å². The summed E-state index contributed by atoms with van der Waals surface area (Å²) in [5.74, 6) is 2.25. The van der Waals surface area contributed by atoms with Gasteiger partial charge in [0, 0.05) is 30.4 Å². The third-order valence-corrected chi connectivity index (χ3v) is 2.93. The third kappa shape index (κ3) is 4.27. The van der Waals surface area contributed by atoms with Gasteiger partial charge in [-0.25, -0.2) is 4.98 Å². The van der Waals surface area contributed by atoms with Crippen molar-refractivity contribution in [2.75, 3.05) is 19.5 Å². The van der Waals surface area contributed by atoms with Gasteiger partial charge < -0.3 is 29.5 Å². The molecule has 0 spiro atoms. The van der Waals surface area contributed by atoms with Crippen molar-refractivity contribution in [2.24, 2.45) is 0 Å². The Morgan fingerprint density at radius 1 is 1.09 bits per heavy atom. The van der Waals surface area contributed by atoms with E-state index in [4.69, 9.17) is 24.2 Å². The Morgan fingerprint density at radius 3 is 2.59 bits per heavy atom. The number of nitrogens with zero attached hydrogens (tertiary/aromatic N) is 1. The smallest absolute Gasteiger partial charge is 0.512 e. The molecule has 0 saturated carbocycles. The summed E-state index contributed by atoms with van der Waals surface area (Å²) in [6, 6.07) is 8.62. The molecule has 0 amide bonds. The molecule has 1 aromatic carbocycles. The number of anilines is 1. The molecule has 0 aliphatic heterocycles. The molecule has 0 fully saturated rings. The van der Waals surface area contributed by atoms with E-state index < -0.39 is 7.32 Å². The second kappa shape index (κ2) is 7.53. The van der Waals surface area contributed by atoms with Crippen molar-refractivity contribution in [1.82, 2.24) is 4.98 Å². The lowest BCUT2D eigenvalue weighted by atomic mass is 10.2. The Bertz CT molecular complexity index is 624. The van der Waals surface area contributed by atoms with Gasteiger partial charge >= 0.3 is 7.32 Å². The monoisotopic (exact) mass is 304 g/mol. The highest BCUT2D eigenvalue weighted by Crippen LogP contribution is 2.25. The van der Waals surface area contributed by atoms with Crippen LogP contribution in [0.1, 0.15) is 5.56 Å². The van der Waals surface area contributed by atoms with E-state index in [1.807, 2.05) is 12.1 Å². The van der Waals surface area contributed by atoms with Crippen molar-refractivity contribution in [3.05, 3.63) is 42.1 Å². The van der Waals surface area contributed by atoms with Gasteiger partial charge in [-0.2, -0.15) is 0 Å². The van der Waals surface area contributed by atoms with E-state index in [9.17, 15) is 0 Å². The number of hydrogen-bond acceptors (Lipinski definition) is 7. The van der Waals surface area contributed by atoms with Gasteiger partial charge in [0.05, 0.1) is 14.2 Å². The van der Waals surface area contributed by atoms with E-state index in [0.717, 1.165) is 5.56 Å². The van der Waals surface area contributed by atoms with Crippen LogP contribution < -0.4 is 19.4 Å². The number of methoxy groups -OCH3 is 2. The number of benzene rings is 1. The first kappa shape index (κ1) is 15.9. The second-order valence-corrected chi connectivity index (χ2v) is 4.35. The highest BCUT2D eigenvalue weighted by molar-refractivity contribution is 6.33. The Hall–Kier alpha value is -2.45. The Morgan fingerprint density at radius 2 is 1.91 bits per heavy atom. The molecule has 1 heterocycles. The van der Waals surface area contributed by atoms with Crippen LogP contribution in [-0.4, -0.2) is 36.6 Å². The van der Waals surface area contributed by atoms with Crippen molar-refractivity contribution in [3.63, 3.8) is 0 Å². The lowest BCUT2D eigenvalue weighted by molar-refractivity contribution is 0.288. The molecule has 1 aromatic heterocycles. The Kier molecular flexibility index (Phi) is 5.45. The molecule has 0 bridgehead atoms. The van der Waals surface area contributed by atoms with Gasteiger partial charge in [-0.15, -0.1) is 0 Å². The topological polar surface area (TPSA) is 93.1 Å².